The first kappa shape index (κ1) is 15.8. The SMILES string of the molecule is CC1CC(C(=O)O)CCN1Cc1ccccc1C(F)(F)F. The van der Waals surface area contributed by atoms with Crippen molar-refractivity contribution in [1.82, 2.24) is 4.90 Å². The van der Waals surface area contributed by atoms with Crippen molar-refractivity contribution in [2.45, 2.75) is 38.5 Å². The molecule has 0 aliphatic carbocycles. The molecule has 116 valence electrons. The normalized spacial score (nSPS) is 24.0. The van der Waals surface area contributed by atoms with Crippen LogP contribution in [0.15, 0.2) is 24.3 Å². The average Bonchev–Trinajstić information content (AvgIpc) is 2.40. The Morgan fingerprint density at radius 3 is 2.62 bits per heavy atom. The Hall–Kier alpha value is -1.56. The van der Waals surface area contributed by atoms with Crippen LogP contribution in [-0.4, -0.2) is 28.6 Å². The molecule has 0 radical (unpaired) electrons. The summed E-state index contributed by atoms with van der Waals surface area (Å²) in [4.78, 5) is 12.9. The molecule has 3 nitrogen and oxygen atoms in total. The lowest BCUT2D eigenvalue weighted by Gasteiger charge is -2.36. The van der Waals surface area contributed by atoms with Crippen molar-refractivity contribution in [1.29, 1.82) is 0 Å². The van der Waals surface area contributed by atoms with Crippen LogP contribution in [0.25, 0.3) is 0 Å². The third-order valence-electron chi connectivity index (χ3n) is 4.06. The molecule has 0 amide bonds. The van der Waals surface area contributed by atoms with Crippen molar-refractivity contribution in [3.63, 3.8) is 0 Å². The van der Waals surface area contributed by atoms with Crippen molar-refractivity contribution in [3.8, 4) is 0 Å². The second kappa shape index (κ2) is 6.05. The van der Waals surface area contributed by atoms with Crippen molar-refractivity contribution < 1.29 is 23.1 Å². The zero-order valence-corrected chi connectivity index (χ0v) is 11.7. The van der Waals surface area contributed by atoms with Gasteiger partial charge in [0.2, 0.25) is 0 Å². The monoisotopic (exact) mass is 301 g/mol. The van der Waals surface area contributed by atoms with Gasteiger partial charge in [0.25, 0.3) is 0 Å². The minimum atomic E-state index is -4.36. The third kappa shape index (κ3) is 3.75. The van der Waals surface area contributed by atoms with E-state index in [4.69, 9.17) is 5.11 Å². The number of halogens is 3. The Morgan fingerprint density at radius 2 is 2.05 bits per heavy atom. The number of hydrogen-bond donors (Lipinski definition) is 1. The van der Waals surface area contributed by atoms with E-state index in [0.29, 0.717) is 19.4 Å². The molecule has 2 unspecified atom stereocenters. The maximum absolute atomic E-state index is 13.0. The van der Waals surface area contributed by atoms with Gasteiger partial charge in [-0.15, -0.1) is 0 Å². The first-order chi connectivity index (χ1) is 9.79. The Bertz CT molecular complexity index is 516. The van der Waals surface area contributed by atoms with Crippen LogP contribution >= 0.6 is 0 Å². The second-order valence-electron chi connectivity index (χ2n) is 5.53. The highest BCUT2D eigenvalue weighted by Gasteiger charge is 2.35. The van der Waals surface area contributed by atoms with Crippen LogP contribution in [0, 0.1) is 5.92 Å². The molecule has 1 saturated heterocycles. The van der Waals surface area contributed by atoms with E-state index < -0.39 is 23.6 Å². The van der Waals surface area contributed by atoms with Crippen LogP contribution in [0.5, 0.6) is 0 Å². The number of carbonyl (C=O) groups is 1. The lowest BCUT2D eigenvalue weighted by molar-refractivity contribution is -0.144. The van der Waals surface area contributed by atoms with E-state index in [9.17, 15) is 18.0 Å². The molecule has 0 saturated carbocycles. The Balaban J connectivity index is 2.11. The van der Waals surface area contributed by atoms with Crippen molar-refractivity contribution >= 4 is 5.97 Å². The highest BCUT2D eigenvalue weighted by molar-refractivity contribution is 5.70. The van der Waals surface area contributed by atoms with Gasteiger partial charge in [0.1, 0.15) is 0 Å². The van der Waals surface area contributed by atoms with E-state index in [1.165, 1.54) is 12.1 Å². The van der Waals surface area contributed by atoms with Gasteiger partial charge in [-0.2, -0.15) is 13.2 Å². The maximum atomic E-state index is 13.0. The van der Waals surface area contributed by atoms with Gasteiger partial charge >= 0.3 is 12.1 Å². The third-order valence-corrected chi connectivity index (χ3v) is 4.06. The van der Waals surface area contributed by atoms with Crippen LogP contribution in [0.4, 0.5) is 13.2 Å². The van der Waals surface area contributed by atoms with Crippen LogP contribution in [0.2, 0.25) is 0 Å². The molecule has 6 heteroatoms. The number of nitrogens with zero attached hydrogens (tertiary/aromatic N) is 1. The summed E-state index contributed by atoms with van der Waals surface area (Å²) in [5.74, 6) is -1.22. The van der Waals surface area contributed by atoms with Crippen LogP contribution in [0.3, 0.4) is 0 Å². The standard InChI is InChI=1S/C15H18F3NO2/c1-10-8-11(14(20)21)6-7-19(10)9-12-4-2-3-5-13(12)15(16,17)18/h2-5,10-11H,6-9H2,1H3,(H,20,21). The molecule has 0 bridgehead atoms. The molecular formula is C15H18F3NO2. The van der Waals surface area contributed by atoms with E-state index in [1.54, 1.807) is 6.07 Å². The average molecular weight is 301 g/mol. The molecule has 0 aromatic heterocycles. The van der Waals surface area contributed by atoms with Gasteiger partial charge in [0.15, 0.2) is 0 Å². The predicted molar refractivity (Wildman–Crippen MR) is 71.7 cm³/mol. The van der Waals surface area contributed by atoms with E-state index >= 15 is 0 Å². The number of likely N-dealkylation sites (tertiary alicyclic amines) is 1. The van der Waals surface area contributed by atoms with E-state index in [-0.39, 0.29) is 18.2 Å². The summed E-state index contributed by atoms with van der Waals surface area (Å²) in [5.41, 5.74) is -0.372. The van der Waals surface area contributed by atoms with Crippen LogP contribution in [-0.2, 0) is 17.5 Å². The molecule has 1 N–H and O–H groups in total. The van der Waals surface area contributed by atoms with Crippen molar-refractivity contribution in [2.24, 2.45) is 5.92 Å². The lowest BCUT2D eigenvalue weighted by atomic mass is 9.91. The van der Waals surface area contributed by atoms with Gasteiger partial charge in [0.05, 0.1) is 11.5 Å². The molecule has 1 aliphatic rings. The fourth-order valence-corrected chi connectivity index (χ4v) is 2.83. The van der Waals surface area contributed by atoms with Crippen molar-refractivity contribution in [3.05, 3.63) is 35.4 Å². The molecule has 1 aromatic carbocycles. The second-order valence-corrected chi connectivity index (χ2v) is 5.53. The fourth-order valence-electron chi connectivity index (χ4n) is 2.83. The molecular weight excluding hydrogens is 283 g/mol. The predicted octanol–water partition coefficient (Wildman–Crippen LogP) is 3.39. The summed E-state index contributed by atoms with van der Waals surface area (Å²) in [6.45, 7) is 2.57. The molecule has 0 spiro atoms. The van der Waals surface area contributed by atoms with Gasteiger partial charge in [-0.05, 0) is 37.9 Å². The van der Waals surface area contributed by atoms with Gasteiger partial charge in [-0.1, -0.05) is 18.2 Å². The summed E-state index contributed by atoms with van der Waals surface area (Å²) >= 11 is 0. The van der Waals surface area contributed by atoms with Gasteiger partial charge < -0.3 is 5.11 Å². The minimum Gasteiger partial charge on any atom is -0.481 e. The molecule has 2 atom stereocenters. The topological polar surface area (TPSA) is 40.5 Å². The zero-order valence-electron chi connectivity index (χ0n) is 11.7. The number of alkyl halides is 3. The lowest BCUT2D eigenvalue weighted by Crippen LogP contribution is -2.42. The number of rotatable bonds is 3. The maximum Gasteiger partial charge on any atom is 0.416 e. The van der Waals surface area contributed by atoms with E-state index in [0.717, 1.165) is 6.07 Å². The first-order valence-corrected chi connectivity index (χ1v) is 6.91. The highest BCUT2D eigenvalue weighted by atomic mass is 19.4. The summed E-state index contributed by atoms with van der Waals surface area (Å²) < 4.78 is 38.9. The van der Waals surface area contributed by atoms with Gasteiger partial charge in [-0.3, -0.25) is 9.69 Å². The first-order valence-electron chi connectivity index (χ1n) is 6.91. The summed E-state index contributed by atoms with van der Waals surface area (Å²) in [5, 5.41) is 9.02. The Morgan fingerprint density at radius 1 is 1.38 bits per heavy atom. The van der Waals surface area contributed by atoms with Crippen LogP contribution in [0.1, 0.15) is 30.9 Å². The molecule has 1 aromatic rings. The zero-order chi connectivity index (χ0) is 15.6. The van der Waals surface area contributed by atoms with Gasteiger partial charge in [-0.25, -0.2) is 0 Å². The molecule has 2 rings (SSSR count). The summed E-state index contributed by atoms with van der Waals surface area (Å²) in [6.07, 6.45) is -3.41. The summed E-state index contributed by atoms with van der Waals surface area (Å²) in [7, 11) is 0. The number of carboxylic acid groups (broad SMARTS) is 1. The number of hydrogen-bond acceptors (Lipinski definition) is 2. The van der Waals surface area contributed by atoms with Crippen molar-refractivity contribution in [2.75, 3.05) is 6.54 Å². The molecule has 21 heavy (non-hydrogen) atoms. The molecule has 1 heterocycles. The minimum absolute atomic E-state index is 0.0406. The van der Waals surface area contributed by atoms with E-state index in [1.807, 2.05) is 11.8 Å². The van der Waals surface area contributed by atoms with Crippen LogP contribution < -0.4 is 0 Å². The summed E-state index contributed by atoms with van der Waals surface area (Å²) in [6, 6.07) is 5.51. The van der Waals surface area contributed by atoms with E-state index in [2.05, 4.69) is 0 Å². The molecule has 1 aliphatic heterocycles. The number of piperidine rings is 1. The molecule has 1 fully saturated rings. The van der Waals surface area contributed by atoms with Gasteiger partial charge in [0, 0.05) is 12.6 Å². The number of aliphatic carboxylic acids is 1. The highest BCUT2D eigenvalue weighted by Crippen LogP contribution is 2.33. The fraction of sp³-hybridized carbons (Fsp3) is 0.533. The Kier molecular flexibility index (Phi) is 4.56. The number of benzene rings is 1. The number of carboxylic acids is 1. The quantitative estimate of drug-likeness (QED) is 0.930. The Labute approximate surface area is 121 Å². The smallest absolute Gasteiger partial charge is 0.416 e. The largest absolute Gasteiger partial charge is 0.481 e.